The lowest BCUT2D eigenvalue weighted by molar-refractivity contribution is -0.0381. The molecule has 4 rings (SSSR count). The lowest BCUT2D eigenvalue weighted by Gasteiger charge is -2.43. The third-order valence-electron chi connectivity index (χ3n) is 5.12. The highest BCUT2D eigenvalue weighted by Gasteiger charge is 2.39. The highest BCUT2D eigenvalue weighted by atomic mass is 35.5. The summed E-state index contributed by atoms with van der Waals surface area (Å²) in [5, 5.41) is 4.38. The minimum absolute atomic E-state index is 0.0500. The van der Waals surface area contributed by atoms with Gasteiger partial charge in [-0.25, -0.2) is 4.79 Å². The molecule has 130 valence electrons. The Morgan fingerprint density at radius 1 is 1.24 bits per heavy atom. The van der Waals surface area contributed by atoms with Crippen LogP contribution in [-0.2, 0) is 9.47 Å². The Morgan fingerprint density at radius 2 is 2.04 bits per heavy atom. The van der Waals surface area contributed by atoms with Gasteiger partial charge in [-0.3, -0.25) is 0 Å². The maximum atomic E-state index is 11.7. The lowest BCUT2D eigenvalue weighted by Crippen LogP contribution is -2.36. The van der Waals surface area contributed by atoms with Crippen LogP contribution in [0.5, 0.6) is 0 Å². The minimum atomic E-state index is -0.318. The van der Waals surface area contributed by atoms with Gasteiger partial charge in [0.15, 0.2) is 0 Å². The largest absolute Gasteiger partial charge is 0.465 e. The van der Waals surface area contributed by atoms with Gasteiger partial charge in [0.25, 0.3) is 0 Å². The van der Waals surface area contributed by atoms with E-state index in [0.29, 0.717) is 11.5 Å². The molecule has 25 heavy (non-hydrogen) atoms. The zero-order valence-corrected chi connectivity index (χ0v) is 14.8. The quantitative estimate of drug-likeness (QED) is 0.787. The molecule has 0 saturated carbocycles. The van der Waals surface area contributed by atoms with E-state index < -0.39 is 0 Å². The molecule has 4 nitrogen and oxygen atoms in total. The van der Waals surface area contributed by atoms with Gasteiger partial charge in [-0.05, 0) is 48.7 Å². The first-order valence-electron chi connectivity index (χ1n) is 8.53. The van der Waals surface area contributed by atoms with Crippen LogP contribution in [0.15, 0.2) is 42.5 Å². The smallest absolute Gasteiger partial charge is 0.337 e. The van der Waals surface area contributed by atoms with Crippen LogP contribution in [0.3, 0.4) is 0 Å². The molecule has 0 bridgehead atoms. The third kappa shape index (κ3) is 3.00. The monoisotopic (exact) mass is 357 g/mol. The first-order chi connectivity index (χ1) is 12.2. The van der Waals surface area contributed by atoms with Crippen LogP contribution in [0.2, 0.25) is 5.02 Å². The maximum Gasteiger partial charge on any atom is 0.337 e. The van der Waals surface area contributed by atoms with Crippen LogP contribution in [0.25, 0.3) is 0 Å². The molecular formula is C20H20ClNO3. The number of esters is 1. The van der Waals surface area contributed by atoms with Crippen molar-refractivity contribution in [2.24, 2.45) is 5.92 Å². The number of halogens is 1. The molecule has 0 aromatic heterocycles. The van der Waals surface area contributed by atoms with Gasteiger partial charge in [0, 0.05) is 28.8 Å². The van der Waals surface area contributed by atoms with Crippen molar-refractivity contribution < 1.29 is 14.3 Å². The predicted molar refractivity (Wildman–Crippen MR) is 97.0 cm³/mol. The summed E-state index contributed by atoms with van der Waals surface area (Å²) in [7, 11) is 1.39. The number of rotatable bonds is 2. The fourth-order valence-corrected chi connectivity index (χ4v) is 4.10. The van der Waals surface area contributed by atoms with E-state index in [1.54, 1.807) is 0 Å². The van der Waals surface area contributed by atoms with Crippen LogP contribution >= 0.6 is 11.6 Å². The number of hydrogen-bond donors (Lipinski definition) is 1. The first-order valence-corrected chi connectivity index (χ1v) is 8.91. The summed E-state index contributed by atoms with van der Waals surface area (Å²) < 4.78 is 10.9. The van der Waals surface area contributed by atoms with E-state index >= 15 is 0 Å². The normalized spacial score (nSPS) is 24.6. The highest BCUT2D eigenvalue weighted by molar-refractivity contribution is 6.30. The molecule has 1 fully saturated rings. The number of carbonyl (C=O) groups excluding carboxylic acids is 1. The summed E-state index contributed by atoms with van der Waals surface area (Å²) >= 11 is 6.19. The maximum absolute atomic E-state index is 11.7. The summed E-state index contributed by atoms with van der Waals surface area (Å²) in [6, 6.07) is 13.7. The summed E-state index contributed by atoms with van der Waals surface area (Å²) in [5.41, 5.74) is 3.91. The fraction of sp³-hybridized carbons (Fsp3) is 0.350. The van der Waals surface area contributed by atoms with Crippen LogP contribution in [-0.4, -0.2) is 19.7 Å². The molecule has 3 atom stereocenters. The number of methoxy groups -OCH3 is 1. The van der Waals surface area contributed by atoms with Gasteiger partial charge in [-0.2, -0.15) is 0 Å². The number of ether oxygens (including phenoxy) is 2. The van der Waals surface area contributed by atoms with E-state index in [1.165, 1.54) is 7.11 Å². The second-order valence-corrected chi connectivity index (χ2v) is 7.00. The van der Waals surface area contributed by atoms with Crippen molar-refractivity contribution in [3.05, 3.63) is 64.2 Å². The molecule has 1 saturated heterocycles. The topological polar surface area (TPSA) is 47.6 Å². The Bertz CT molecular complexity index is 790. The van der Waals surface area contributed by atoms with Gasteiger partial charge in [-0.1, -0.05) is 23.7 Å². The van der Waals surface area contributed by atoms with Crippen molar-refractivity contribution in [2.75, 3.05) is 19.0 Å². The van der Waals surface area contributed by atoms with Gasteiger partial charge < -0.3 is 14.8 Å². The second-order valence-electron chi connectivity index (χ2n) is 6.56. The molecule has 1 N–H and O–H groups in total. The molecule has 2 aliphatic rings. The van der Waals surface area contributed by atoms with Crippen LogP contribution < -0.4 is 5.32 Å². The molecule has 0 unspecified atom stereocenters. The average Bonchev–Trinajstić information content (AvgIpc) is 2.67. The summed E-state index contributed by atoms with van der Waals surface area (Å²) in [4.78, 5) is 11.7. The summed E-state index contributed by atoms with van der Waals surface area (Å²) in [6.07, 6.45) is 2.19. The predicted octanol–water partition coefficient (Wildman–Crippen LogP) is 4.76. The SMILES string of the molecule is COC(=O)c1ccc([C@@H]2Nc3ccc(Cl)cc3[C@@H]3OCCC[C@@H]23)cc1. The molecule has 0 amide bonds. The van der Waals surface area contributed by atoms with Crippen molar-refractivity contribution in [1.29, 1.82) is 0 Å². The average molecular weight is 358 g/mol. The van der Waals surface area contributed by atoms with Crippen LogP contribution in [0, 0.1) is 5.92 Å². The standard InChI is InChI=1S/C20H20ClNO3/c1-24-20(23)13-6-4-12(5-7-13)18-15-3-2-10-25-19(15)16-11-14(21)8-9-17(16)22-18/h4-9,11,15,18-19,22H,2-3,10H2,1H3/t15-,18-,19+/m0/s1. The highest BCUT2D eigenvalue weighted by Crippen LogP contribution is 2.49. The van der Waals surface area contributed by atoms with Crippen LogP contribution in [0.1, 0.15) is 46.5 Å². The number of carbonyl (C=O) groups is 1. The zero-order chi connectivity index (χ0) is 17.4. The van der Waals surface area contributed by atoms with Gasteiger partial charge in [0.1, 0.15) is 0 Å². The van der Waals surface area contributed by atoms with Gasteiger partial charge in [0.2, 0.25) is 0 Å². The Morgan fingerprint density at radius 3 is 2.80 bits per heavy atom. The van der Waals surface area contributed by atoms with Gasteiger partial charge in [0.05, 0.1) is 24.8 Å². The Labute approximate surface area is 152 Å². The molecule has 0 aliphatic carbocycles. The summed E-state index contributed by atoms with van der Waals surface area (Å²) in [6.45, 7) is 0.779. The van der Waals surface area contributed by atoms with E-state index in [9.17, 15) is 4.79 Å². The van der Waals surface area contributed by atoms with E-state index in [4.69, 9.17) is 21.1 Å². The fourth-order valence-electron chi connectivity index (χ4n) is 3.92. The van der Waals surface area contributed by atoms with E-state index in [0.717, 1.165) is 41.3 Å². The van der Waals surface area contributed by atoms with Gasteiger partial charge >= 0.3 is 5.97 Å². The molecule has 2 aliphatic heterocycles. The van der Waals surface area contributed by atoms with Gasteiger partial charge in [-0.15, -0.1) is 0 Å². The van der Waals surface area contributed by atoms with Crippen molar-refractivity contribution in [1.82, 2.24) is 0 Å². The Hall–Kier alpha value is -2.04. The number of anilines is 1. The molecular weight excluding hydrogens is 338 g/mol. The molecule has 2 aromatic carbocycles. The Kier molecular flexibility index (Phi) is 4.40. The third-order valence-corrected chi connectivity index (χ3v) is 5.35. The van der Waals surface area contributed by atoms with Crippen LogP contribution in [0.4, 0.5) is 5.69 Å². The number of nitrogens with one attached hydrogen (secondary N) is 1. The molecule has 2 aromatic rings. The first kappa shape index (κ1) is 16.4. The summed E-state index contributed by atoms with van der Waals surface area (Å²) in [5.74, 6) is 0.0192. The van der Waals surface area contributed by atoms with E-state index in [2.05, 4.69) is 5.32 Å². The Balaban J connectivity index is 1.69. The van der Waals surface area contributed by atoms with Crippen molar-refractivity contribution in [2.45, 2.75) is 25.0 Å². The zero-order valence-electron chi connectivity index (χ0n) is 14.0. The molecule has 0 radical (unpaired) electrons. The lowest BCUT2D eigenvalue weighted by atomic mass is 9.77. The van der Waals surface area contributed by atoms with E-state index in [1.807, 2.05) is 42.5 Å². The van der Waals surface area contributed by atoms with Crippen molar-refractivity contribution in [3.8, 4) is 0 Å². The molecule has 2 heterocycles. The second kappa shape index (κ2) is 6.70. The number of hydrogen-bond acceptors (Lipinski definition) is 4. The number of fused-ring (bicyclic) bond motifs is 3. The van der Waals surface area contributed by atoms with Crippen molar-refractivity contribution in [3.63, 3.8) is 0 Å². The molecule has 0 spiro atoms. The number of benzene rings is 2. The van der Waals surface area contributed by atoms with E-state index in [-0.39, 0.29) is 18.1 Å². The minimum Gasteiger partial charge on any atom is -0.465 e. The molecule has 5 heteroatoms. The van der Waals surface area contributed by atoms with Crippen molar-refractivity contribution >= 4 is 23.3 Å².